The van der Waals surface area contributed by atoms with E-state index < -0.39 is 0 Å². The van der Waals surface area contributed by atoms with Crippen LogP contribution in [0.5, 0.6) is 11.6 Å². The molecular formula is C21H23N5O2. The van der Waals surface area contributed by atoms with Crippen molar-refractivity contribution < 1.29 is 9.53 Å². The number of piperidine rings is 1. The fraction of sp³-hybridized carbons (Fsp3) is 0.286. The molecule has 0 bridgehead atoms. The number of nitrogens with one attached hydrogen (secondary N) is 2. The van der Waals surface area contributed by atoms with Gasteiger partial charge in [-0.15, -0.1) is 0 Å². The highest BCUT2D eigenvalue weighted by molar-refractivity contribution is 5.92. The van der Waals surface area contributed by atoms with Crippen LogP contribution >= 0.6 is 0 Å². The Labute approximate surface area is 163 Å². The van der Waals surface area contributed by atoms with Crippen molar-refractivity contribution in [3.05, 3.63) is 72.2 Å². The predicted molar refractivity (Wildman–Crippen MR) is 105 cm³/mol. The van der Waals surface area contributed by atoms with E-state index in [1.54, 1.807) is 18.3 Å². The summed E-state index contributed by atoms with van der Waals surface area (Å²) in [6.45, 7) is 2.33. The molecular weight excluding hydrogens is 354 g/mol. The fourth-order valence-electron chi connectivity index (χ4n) is 3.18. The van der Waals surface area contributed by atoms with Gasteiger partial charge in [-0.1, -0.05) is 24.3 Å². The molecule has 0 radical (unpaired) electrons. The third-order valence-corrected chi connectivity index (χ3v) is 4.70. The molecule has 7 heteroatoms. The summed E-state index contributed by atoms with van der Waals surface area (Å²) in [6, 6.07) is 15.3. The van der Waals surface area contributed by atoms with Gasteiger partial charge in [-0.2, -0.15) is 5.10 Å². The van der Waals surface area contributed by atoms with Crippen molar-refractivity contribution in [2.75, 3.05) is 13.1 Å². The van der Waals surface area contributed by atoms with E-state index in [-0.39, 0.29) is 5.91 Å². The summed E-state index contributed by atoms with van der Waals surface area (Å²) in [7, 11) is 0. The minimum absolute atomic E-state index is 0.188. The Morgan fingerprint density at radius 1 is 1.21 bits per heavy atom. The van der Waals surface area contributed by atoms with Gasteiger partial charge in [0.2, 0.25) is 5.88 Å². The highest BCUT2D eigenvalue weighted by atomic mass is 16.5. The van der Waals surface area contributed by atoms with Crippen LogP contribution in [0.25, 0.3) is 0 Å². The number of carbonyl (C=O) groups excluding carboxylic acids is 1. The maximum absolute atomic E-state index is 12.4. The molecule has 0 aliphatic carbocycles. The molecule has 1 fully saturated rings. The van der Waals surface area contributed by atoms with Crippen molar-refractivity contribution in [3.8, 4) is 11.6 Å². The summed E-state index contributed by atoms with van der Waals surface area (Å²) in [5.41, 5.74) is 1.33. The zero-order valence-corrected chi connectivity index (χ0v) is 15.5. The Morgan fingerprint density at radius 3 is 2.86 bits per heavy atom. The number of carbonyl (C=O) groups is 1. The van der Waals surface area contributed by atoms with Gasteiger partial charge in [0.25, 0.3) is 5.91 Å². The zero-order valence-electron chi connectivity index (χ0n) is 15.5. The number of pyridine rings is 1. The lowest BCUT2D eigenvalue weighted by Crippen LogP contribution is -2.32. The average Bonchev–Trinajstić information content (AvgIpc) is 3.25. The standard InChI is InChI=1S/C21H23N5O2/c27-21(19-10-12-26(25-19)17-5-4-11-22-15-17)24-14-16-8-9-20(23-13-16)28-18-6-2-1-3-7-18/h1-3,6-10,12-13,17,22H,4-5,11,14-15H2,(H,24,27). The molecule has 1 saturated heterocycles. The minimum Gasteiger partial charge on any atom is -0.439 e. The van der Waals surface area contributed by atoms with Crippen LogP contribution < -0.4 is 15.4 Å². The number of hydrogen-bond acceptors (Lipinski definition) is 5. The lowest BCUT2D eigenvalue weighted by atomic mass is 10.1. The number of ether oxygens (including phenoxy) is 1. The van der Waals surface area contributed by atoms with Crippen molar-refractivity contribution >= 4 is 5.91 Å². The lowest BCUT2D eigenvalue weighted by Gasteiger charge is -2.22. The molecule has 28 heavy (non-hydrogen) atoms. The first-order valence-corrected chi connectivity index (χ1v) is 9.50. The van der Waals surface area contributed by atoms with E-state index >= 15 is 0 Å². The van der Waals surface area contributed by atoms with Gasteiger partial charge < -0.3 is 15.4 Å². The largest absolute Gasteiger partial charge is 0.439 e. The van der Waals surface area contributed by atoms with Gasteiger partial charge in [-0.3, -0.25) is 9.48 Å². The smallest absolute Gasteiger partial charge is 0.272 e. The number of para-hydroxylation sites is 1. The van der Waals surface area contributed by atoms with Gasteiger partial charge in [0.15, 0.2) is 0 Å². The third kappa shape index (κ3) is 4.55. The second kappa shape index (κ2) is 8.67. The third-order valence-electron chi connectivity index (χ3n) is 4.70. The highest BCUT2D eigenvalue weighted by Crippen LogP contribution is 2.18. The van der Waals surface area contributed by atoms with Crippen molar-refractivity contribution in [3.63, 3.8) is 0 Å². The molecule has 1 atom stereocenters. The molecule has 0 spiro atoms. The van der Waals surface area contributed by atoms with E-state index in [4.69, 9.17) is 4.74 Å². The van der Waals surface area contributed by atoms with E-state index in [0.717, 1.165) is 37.2 Å². The second-order valence-corrected chi connectivity index (χ2v) is 6.78. The summed E-state index contributed by atoms with van der Waals surface area (Å²) in [5, 5.41) is 10.7. The van der Waals surface area contributed by atoms with Gasteiger partial charge in [0, 0.05) is 31.5 Å². The van der Waals surface area contributed by atoms with Gasteiger partial charge in [0.05, 0.1) is 6.04 Å². The number of hydrogen-bond donors (Lipinski definition) is 2. The van der Waals surface area contributed by atoms with Gasteiger partial charge >= 0.3 is 0 Å². The van der Waals surface area contributed by atoms with Crippen LogP contribution in [0.2, 0.25) is 0 Å². The number of rotatable bonds is 6. The predicted octanol–water partition coefficient (Wildman–Crippen LogP) is 2.92. The molecule has 144 valence electrons. The molecule has 1 aromatic carbocycles. The van der Waals surface area contributed by atoms with E-state index in [0.29, 0.717) is 24.2 Å². The van der Waals surface area contributed by atoms with Crippen LogP contribution in [0.3, 0.4) is 0 Å². The number of aromatic nitrogens is 3. The first-order chi connectivity index (χ1) is 13.8. The maximum atomic E-state index is 12.4. The fourth-order valence-corrected chi connectivity index (χ4v) is 3.18. The number of nitrogens with zero attached hydrogens (tertiary/aromatic N) is 3. The molecule has 4 rings (SSSR count). The van der Waals surface area contributed by atoms with Gasteiger partial charge in [-0.05, 0) is 43.1 Å². The Balaban J connectivity index is 1.30. The minimum atomic E-state index is -0.188. The Hall–Kier alpha value is -3.19. The Morgan fingerprint density at radius 2 is 2.11 bits per heavy atom. The van der Waals surface area contributed by atoms with Crippen molar-refractivity contribution in [2.45, 2.75) is 25.4 Å². The summed E-state index contributed by atoms with van der Waals surface area (Å²) in [5.74, 6) is 1.06. The molecule has 1 unspecified atom stereocenters. The molecule has 1 aliphatic heterocycles. The number of benzene rings is 1. The SMILES string of the molecule is O=C(NCc1ccc(Oc2ccccc2)nc1)c1ccn(C2CCCNC2)n1. The quantitative estimate of drug-likeness (QED) is 0.690. The van der Waals surface area contributed by atoms with E-state index in [1.165, 1.54) is 0 Å². The molecule has 7 nitrogen and oxygen atoms in total. The normalized spacial score (nSPS) is 16.5. The van der Waals surface area contributed by atoms with Crippen molar-refractivity contribution in [2.24, 2.45) is 0 Å². The molecule has 2 aromatic heterocycles. The lowest BCUT2D eigenvalue weighted by molar-refractivity contribution is 0.0944. The molecule has 3 heterocycles. The van der Waals surface area contributed by atoms with Crippen molar-refractivity contribution in [1.29, 1.82) is 0 Å². The molecule has 3 aromatic rings. The molecule has 1 aliphatic rings. The summed E-state index contributed by atoms with van der Waals surface area (Å²) >= 11 is 0. The first kappa shape index (κ1) is 18.2. The molecule has 1 amide bonds. The van der Waals surface area contributed by atoms with Crippen LogP contribution in [0.4, 0.5) is 0 Å². The monoisotopic (exact) mass is 377 g/mol. The zero-order chi connectivity index (χ0) is 19.2. The first-order valence-electron chi connectivity index (χ1n) is 9.50. The number of amides is 1. The maximum Gasteiger partial charge on any atom is 0.272 e. The summed E-state index contributed by atoms with van der Waals surface area (Å²) < 4.78 is 7.56. The molecule has 2 N–H and O–H groups in total. The summed E-state index contributed by atoms with van der Waals surface area (Å²) in [6.07, 6.45) is 5.79. The van der Waals surface area contributed by atoms with Crippen LogP contribution in [0, 0.1) is 0 Å². The van der Waals surface area contributed by atoms with E-state index in [9.17, 15) is 4.79 Å². The van der Waals surface area contributed by atoms with E-state index in [1.807, 2.05) is 47.3 Å². The second-order valence-electron chi connectivity index (χ2n) is 6.78. The van der Waals surface area contributed by atoms with Crippen LogP contribution in [0.15, 0.2) is 60.9 Å². The molecule has 0 saturated carbocycles. The topological polar surface area (TPSA) is 81.1 Å². The van der Waals surface area contributed by atoms with Crippen molar-refractivity contribution in [1.82, 2.24) is 25.4 Å². The van der Waals surface area contributed by atoms with Crippen LogP contribution in [-0.4, -0.2) is 33.8 Å². The Kier molecular flexibility index (Phi) is 5.63. The van der Waals surface area contributed by atoms with Gasteiger partial charge in [-0.25, -0.2) is 4.98 Å². The average molecular weight is 377 g/mol. The highest BCUT2D eigenvalue weighted by Gasteiger charge is 2.17. The van der Waals surface area contributed by atoms with Crippen LogP contribution in [-0.2, 0) is 6.54 Å². The van der Waals surface area contributed by atoms with E-state index in [2.05, 4.69) is 20.7 Å². The van der Waals surface area contributed by atoms with Gasteiger partial charge in [0.1, 0.15) is 11.4 Å². The Bertz CT molecular complexity index is 902. The summed E-state index contributed by atoms with van der Waals surface area (Å²) in [4.78, 5) is 16.7. The van der Waals surface area contributed by atoms with Crippen LogP contribution in [0.1, 0.15) is 34.9 Å².